The minimum absolute atomic E-state index is 0.164. The van der Waals surface area contributed by atoms with Crippen molar-refractivity contribution in [3.63, 3.8) is 0 Å². The Bertz CT molecular complexity index is 411. The molecule has 15 heavy (non-hydrogen) atoms. The Morgan fingerprint density at radius 2 is 2.13 bits per heavy atom. The van der Waals surface area contributed by atoms with Crippen LogP contribution in [-0.2, 0) is 5.54 Å². The van der Waals surface area contributed by atoms with Gasteiger partial charge in [-0.3, -0.25) is 10.1 Å². The zero-order valence-corrected chi connectivity index (χ0v) is 8.69. The number of nitrogens with two attached hydrogens (primary N) is 1. The second-order valence-electron chi connectivity index (χ2n) is 4.24. The van der Waals surface area contributed by atoms with E-state index in [-0.39, 0.29) is 10.6 Å². The summed E-state index contributed by atoms with van der Waals surface area (Å²) in [7, 11) is 0. The van der Waals surface area contributed by atoms with Crippen LogP contribution in [0, 0.1) is 17.0 Å². The van der Waals surface area contributed by atoms with Gasteiger partial charge < -0.3 is 5.73 Å². The Hall–Kier alpha value is -1.42. The Morgan fingerprint density at radius 1 is 1.47 bits per heavy atom. The maximum Gasteiger partial charge on any atom is 0.274 e. The number of benzene rings is 1. The third-order valence-corrected chi connectivity index (χ3v) is 3.19. The molecule has 1 aliphatic carbocycles. The van der Waals surface area contributed by atoms with Gasteiger partial charge in [0.25, 0.3) is 5.69 Å². The van der Waals surface area contributed by atoms with Crippen molar-refractivity contribution in [2.45, 2.75) is 31.7 Å². The van der Waals surface area contributed by atoms with Gasteiger partial charge in [-0.1, -0.05) is 12.1 Å². The molecule has 0 heterocycles. The highest BCUT2D eigenvalue weighted by Crippen LogP contribution is 2.43. The molecular formula is C11H14N2O2. The third-order valence-electron chi connectivity index (χ3n) is 3.19. The Balaban J connectivity index is 2.57. The van der Waals surface area contributed by atoms with Crippen molar-refractivity contribution in [3.8, 4) is 0 Å². The molecule has 0 radical (unpaired) electrons. The SMILES string of the molecule is Cc1cccc([N+](=O)[O-])c1C1(N)CCC1. The van der Waals surface area contributed by atoms with Crippen molar-refractivity contribution >= 4 is 5.69 Å². The average Bonchev–Trinajstić information content (AvgIpc) is 2.14. The first-order valence-corrected chi connectivity index (χ1v) is 5.08. The molecule has 0 bridgehead atoms. The van der Waals surface area contributed by atoms with Crippen LogP contribution >= 0.6 is 0 Å². The van der Waals surface area contributed by atoms with Crippen molar-refractivity contribution in [3.05, 3.63) is 39.4 Å². The summed E-state index contributed by atoms with van der Waals surface area (Å²) in [5, 5.41) is 10.9. The molecule has 4 heteroatoms. The molecule has 1 aliphatic rings. The van der Waals surface area contributed by atoms with Crippen molar-refractivity contribution in [2.24, 2.45) is 5.73 Å². The summed E-state index contributed by atoms with van der Waals surface area (Å²) in [5.74, 6) is 0. The zero-order valence-electron chi connectivity index (χ0n) is 8.69. The molecule has 1 aromatic rings. The first-order valence-electron chi connectivity index (χ1n) is 5.08. The Kier molecular flexibility index (Phi) is 2.23. The Labute approximate surface area is 88.2 Å². The largest absolute Gasteiger partial charge is 0.321 e. The van der Waals surface area contributed by atoms with Crippen molar-refractivity contribution < 1.29 is 4.92 Å². The molecule has 4 nitrogen and oxygen atoms in total. The van der Waals surface area contributed by atoms with Gasteiger partial charge in [0.15, 0.2) is 0 Å². The fourth-order valence-corrected chi connectivity index (χ4v) is 2.26. The van der Waals surface area contributed by atoms with Crippen LogP contribution < -0.4 is 5.73 Å². The predicted molar refractivity (Wildman–Crippen MR) is 57.5 cm³/mol. The highest BCUT2D eigenvalue weighted by Gasteiger charge is 2.40. The second-order valence-corrected chi connectivity index (χ2v) is 4.24. The van der Waals surface area contributed by atoms with Gasteiger partial charge in [0.05, 0.1) is 10.5 Å². The maximum absolute atomic E-state index is 10.9. The molecule has 0 saturated heterocycles. The number of hydrogen-bond acceptors (Lipinski definition) is 3. The van der Waals surface area contributed by atoms with Crippen LogP contribution in [0.1, 0.15) is 30.4 Å². The van der Waals surface area contributed by atoms with E-state index >= 15 is 0 Å². The normalized spacial score (nSPS) is 18.3. The van der Waals surface area contributed by atoms with E-state index in [2.05, 4.69) is 0 Å². The summed E-state index contributed by atoms with van der Waals surface area (Å²) in [6.07, 6.45) is 2.75. The number of nitrogens with zero attached hydrogens (tertiary/aromatic N) is 1. The molecule has 0 unspecified atom stereocenters. The number of hydrogen-bond donors (Lipinski definition) is 1. The molecule has 0 spiro atoms. The van der Waals surface area contributed by atoms with E-state index in [0.717, 1.165) is 30.4 Å². The third kappa shape index (κ3) is 1.51. The minimum atomic E-state index is -0.465. The van der Waals surface area contributed by atoms with Gasteiger partial charge in [-0.05, 0) is 31.7 Å². The van der Waals surface area contributed by atoms with E-state index in [9.17, 15) is 10.1 Å². The van der Waals surface area contributed by atoms with E-state index in [0.29, 0.717) is 0 Å². The van der Waals surface area contributed by atoms with Crippen LogP contribution in [0.3, 0.4) is 0 Å². The lowest BCUT2D eigenvalue weighted by Gasteiger charge is -2.38. The molecule has 0 aliphatic heterocycles. The van der Waals surface area contributed by atoms with Gasteiger partial charge in [0.1, 0.15) is 0 Å². The van der Waals surface area contributed by atoms with Gasteiger partial charge in [-0.15, -0.1) is 0 Å². The number of aryl methyl sites for hydroxylation is 1. The number of nitro groups is 1. The van der Waals surface area contributed by atoms with Crippen LogP contribution in [-0.4, -0.2) is 4.92 Å². The van der Waals surface area contributed by atoms with Crippen LogP contribution in [0.25, 0.3) is 0 Å². The zero-order chi connectivity index (χ0) is 11.1. The molecule has 2 N–H and O–H groups in total. The monoisotopic (exact) mass is 206 g/mol. The van der Waals surface area contributed by atoms with E-state index < -0.39 is 5.54 Å². The first kappa shape index (κ1) is 10.1. The fraction of sp³-hybridized carbons (Fsp3) is 0.455. The van der Waals surface area contributed by atoms with Gasteiger partial charge in [-0.2, -0.15) is 0 Å². The van der Waals surface area contributed by atoms with Crippen molar-refractivity contribution in [1.82, 2.24) is 0 Å². The lowest BCUT2D eigenvalue weighted by molar-refractivity contribution is -0.386. The highest BCUT2D eigenvalue weighted by atomic mass is 16.6. The minimum Gasteiger partial charge on any atom is -0.321 e. The molecule has 0 atom stereocenters. The van der Waals surface area contributed by atoms with Gasteiger partial charge >= 0.3 is 0 Å². The van der Waals surface area contributed by atoms with Crippen LogP contribution in [0.5, 0.6) is 0 Å². The molecule has 1 aromatic carbocycles. The quantitative estimate of drug-likeness (QED) is 0.596. The summed E-state index contributed by atoms with van der Waals surface area (Å²) in [6.45, 7) is 1.88. The summed E-state index contributed by atoms with van der Waals surface area (Å²) in [5.41, 5.74) is 7.50. The molecule has 2 rings (SSSR count). The molecule has 0 amide bonds. The molecule has 80 valence electrons. The summed E-state index contributed by atoms with van der Waals surface area (Å²) >= 11 is 0. The summed E-state index contributed by atoms with van der Waals surface area (Å²) in [4.78, 5) is 10.6. The smallest absolute Gasteiger partial charge is 0.274 e. The lowest BCUT2D eigenvalue weighted by atomic mass is 9.71. The van der Waals surface area contributed by atoms with Crippen LogP contribution in [0.2, 0.25) is 0 Å². The average molecular weight is 206 g/mol. The molecule has 0 aromatic heterocycles. The maximum atomic E-state index is 10.9. The van der Waals surface area contributed by atoms with Gasteiger partial charge in [0, 0.05) is 11.6 Å². The molecular weight excluding hydrogens is 192 g/mol. The fourth-order valence-electron chi connectivity index (χ4n) is 2.26. The van der Waals surface area contributed by atoms with E-state index in [1.54, 1.807) is 6.07 Å². The van der Waals surface area contributed by atoms with Crippen LogP contribution in [0.15, 0.2) is 18.2 Å². The molecule has 1 saturated carbocycles. The van der Waals surface area contributed by atoms with E-state index in [1.165, 1.54) is 6.07 Å². The highest BCUT2D eigenvalue weighted by molar-refractivity contribution is 5.50. The van der Waals surface area contributed by atoms with E-state index in [1.807, 2.05) is 13.0 Å². The predicted octanol–water partition coefficient (Wildman–Crippen LogP) is 2.24. The summed E-state index contributed by atoms with van der Waals surface area (Å²) < 4.78 is 0. The Morgan fingerprint density at radius 3 is 2.60 bits per heavy atom. The van der Waals surface area contributed by atoms with Crippen molar-refractivity contribution in [2.75, 3.05) is 0 Å². The van der Waals surface area contributed by atoms with Gasteiger partial charge in [0.2, 0.25) is 0 Å². The van der Waals surface area contributed by atoms with Crippen molar-refractivity contribution in [1.29, 1.82) is 0 Å². The summed E-state index contributed by atoms with van der Waals surface area (Å²) in [6, 6.07) is 5.13. The van der Waals surface area contributed by atoms with E-state index in [4.69, 9.17) is 5.73 Å². The number of rotatable bonds is 2. The molecule has 1 fully saturated rings. The first-order chi connectivity index (χ1) is 7.04. The number of nitro benzene ring substituents is 1. The van der Waals surface area contributed by atoms with Gasteiger partial charge in [-0.25, -0.2) is 0 Å². The standard InChI is InChI=1S/C11H14N2O2/c1-8-4-2-5-9(13(14)15)10(8)11(12)6-3-7-11/h2,4-5H,3,6-7,12H2,1H3. The lowest BCUT2D eigenvalue weighted by Crippen LogP contribution is -2.44. The van der Waals surface area contributed by atoms with Crippen LogP contribution in [0.4, 0.5) is 5.69 Å². The topological polar surface area (TPSA) is 69.2 Å². The second kappa shape index (κ2) is 3.31.